The third kappa shape index (κ3) is 5.92. The Morgan fingerprint density at radius 3 is 2.69 bits per heavy atom. The van der Waals surface area contributed by atoms with E-state index in [4.69, 9.17) is 14.2 Å². The van der Waals surface area contributed by atoms with Crippen molar-refractivity contribution in [3.63, 3.8) is 0 Å². The van der Waals surface area contributed by atoms with Crippen molar-refractivity contribution in [3.05, 3.63) is 64.2 Å². The molecular weight excluding hydrogens is 390 g/mol. The maximum absolute atomic E-state index is 12.5. The third-order valence-corrected chi connectivity index (χ3v) is 4.53. The van der Waals surface area contributed by atoms with Gasteiger partial charge in [-0.1, -0.05) is 6.07 Å². The minimum atomic E-state index is -0.211. The second-order valence-electron chi connectivity index (χ2n) is 6.49. The number of carbonyl (C=O) groups excluding carboxylic acids is 1. The molecule has 1 N–H and O–H groups in total. The van der Waals surface area contributed by atoms with E-state index in [1.54, 1.807) is 43.1 Å². The van der Waals surface area contributed by atoms with Crippen molar-refractivity contribution >= 4 is 17.2 Å². The lowest BCUT2D eigenvalue weighted by Crippen LogP contribution is -2.23. The summed E-state index contributed by atoms with van der Waals surface area (Å²) in [7, 11) is 1.54. The van der Waals surface area contributed by atoms with Crippen LogP contribution in [0.2, 0.25) is 0 Å². The number of aromatic nitrogens is 2. The van der Waals surface area contributed by atoms with Gasteiger partial charge in [-0.05, 0) is 37.6 Å². The van der Waals surface area contributed by atoms with Gasteiger partial charge >= 0.3 is 0 Å². The first-order valence-electron chi connectivity index (χ1n) is 9.13. The summed E-state index contributed by atoms with van der Waals surface area (Å²) in [6, 6.07) is 8.75. The number of hydrogen-bond donors (Lipinski definition) is 1. The van der Waals surface area contributed by atoms with Crippen molar-refractivity contribution in [1.82, 2.24) is 15.3 Å². The molecule has 2 heterocycles. The van der Waals surface area contributed by atoms with Gasteiger partial charge in [0.1, 0.15) is 6.61 Å². The summed E-state index contributed by atoms with van der Waals surface area (Å²) in [6.45, 7) is 4.59. The van der Waals surface area contributed by atoms with Gasteiger partial charge < -0.3 is 19.5 Å². The fourth-order valence-corrected chi connectivity index (χ4v) is 3.04. The highest BCUT2D eigenvalue weighted by Crippen LogP contribution is 2.29. The summed E-state index contributed by atoms with van der Waals surface area (Å²) >= 11 is 1.51. The molecule has 1 aromatic carbocycles. The van der Waals surface area contributed by atoms with Gasteiger partial charge in [-0.15, -0.1) is 11.3 Å². The Balaban J connectivity index is 1.58. The zero-order valence-electron chi connectivity index (χ0n) is 16.5. The zero-order chi connectivity index (χ0) is 20.6. The summed E-state index contributed by atoms with van der Waals surface area (Å²) in [5.41, 5.74) is 3.96. The molecule has 2 aromatic heterocycles. The molecule has 0 saturated heterocycles. The van der Waals surface area contributed by atoms with Crippen molar-refractivity contribution in [2.45, 2.75) is 33.1 Å². The Morgan fingerprint density at radius 1 is 1.17 bits per heavy atom. The van der Waals surface area contributed by atoms with Crippen LogP contribution in [0.5, 0.6) is 17.4 Å². The summed E-state index contributed by atoms with van der Waals surface area (Å²) in [4.78, 5) is 20.9. The maximum Gasteiger partial charge on any atom is 0.251 e. The van der Waals surface area contributed by atoms with Crippen molar-refractivity contribution in [3.8, 4) is 17.4 Å². The molecule has 3 rings (SSSR count). The summed E-state index contributed by atoms with van der Waals surface area (Å²) in [5, 5.41) is 4.80. The number of nitrogens with zero attached hydrogens (tertiary/aromatic N) is 2. The average Bonchev–Trinajstić information content (AvgIpc) is 3.24. The van der Waals surface area contributed by atoms with E-state index in [0.29, 0.717) is 36.1 Å². The normalized spacial score (nSPS) is 10.6. The lowest BCUT2D eigenvalue weighted by molar-refractivity contribution is 0.0950. The molecule has 8 heteroatoms. The number of carbonyl (C=O) groups is 1. The van der Waals surface area contributed by atoms with Crippen LogP contribution in [0.25, 0.3) is 0 Å². The highest BCUT2D eigenvalue weighted by atomic mass is 32.1. The molecule has 0 aliphatic carbocycles. The van der Waals surface area contributed by atoms with Crippen LogP contribution in [-0.2, 0) is 13.2 Å². The van der Waals surface area contributed by atoms with E-state index in [0.717, 1.165) is 11.3 Å². The van der Waals surface area contributed by atoms with Gasteiger partial charge in [-0.2, -0.15) is 0 Å². The predicted octanol–water partition coefficient (Wildman–Crippen LogP) is 3.84. The van der Waals surface area contributed by atoms with Crippen molar-refractivity contribution in [1.29, 1.82) is 0 Å². The summed E-state index contributed by atoms with van der Waals surface area (Å²) in [6.07, 6.45) is 1.75. The van der Waals surface area contributed by atoms with Crippen LogP contribution >= 0.6 is 11.3 Å². The maximum atomic E-state index is 12.5. The second-order valence-corrected chi connectivity index (χ2v) is 7.21. The fraction of sp³-hybridized carbons (Fsp3) is 0.286. The van der Waals surface area contributed by atoms with Crippen molar-refractivity contribution in [2.24, 2.45) is 0 Å². The highest BCUT2D eigenvalue weighted by molar-refractivity contribution is 7.07. The van der Waals surface area contributed by atoms with Crippen molar-refractivity contribution < 1.29 is 19.0 Å². The Morgan fingerprint density at radius 2 is 2.03 bits per heavy atom. The smallest absolute Gasteiger partial charge is 0.251 e. The van der Waals surface area contributed by atoms with Crippen LogP contribution in [0.4, 0.5) is 0 Å². The van der Waals surface area contributed by atoms with Crippen LogP contribution in [0.3, 0.4) is 0 Å². The molecule has 0 aliphatic heterocycles. The van der Waals surface area contributed by atoms with Gasteiger partial charge in [0.2, 0.25) is 5.88 Å². The van der Waals surface area contributed by atoms with Crippen LogP contribution in [0.1, 0.15) is 35.5 Å². The Bertz CT molecular complexity index is 928. The number of pyridine rings is 1. The number of amides is 1. The molecule has 152 valence electrons. The van der Waals surface area contributed by atoms with E-state index < -0.39 is 0 Å². The van der Waals surface area contributed by atoms with Gasteiger partial charge in [0.25, 0.3) is 5.91 Å². The molecule has 29 heavy (non-hydrogen) atoms. The van der Waals surface area contributed by atoms with E-state index in [9.17, 15) is 4.79 Å². The van der Waals surface area contributed by atoms with E-state index in [2.05, 4.69) is 15.3 Å². The van der Waals surface area contributed by atoms with E-state index in [-0.39, 0.29) is 12.0 Å². The van der Waals surface area contributed by atoms with E-state index >= 15 is 0 Å². The minimum absolute atomic E-state index is 0.0662. The molecule has 0 bridgehead atoms. The van der Waals surface area contributed by atoms with Crippen LogP contribution in [0.15, 0.2) is 47.4 Å². The van der Waals surface area contributed by atoms with Gasteiger partial charge in [-0.3, -0.25) is 4.79 Å². The van der Waals surface area contributed by atoms with Gasteiger partial charge in [0.05, 0.1) is 24.4 Å². The Labute approximate surface area is 173 Å². The molecule has 0 aliphatic rings. The fourth-order valence-electron chi connectivity index (χ4n) is 2.50. The lowest BCUT2D eigenvalue weighted by Gasteiger charge is -2.12. The first-order valence-corrected chi connectivity index (χ1v) is 10.1. The number of hydrogen-bond acceptors (Lipinski definition) is 7. The third-order valence-electron chi connectivity index (χ3n) is 3.89. The Hall–Kier alpha value is -3.13. The standard InChI is InChI=1S/C21H23N3O4S/c1-14(2)28-20-7-4-15(9-22-20)10-23-21(25)16-5-6-18(19(8-16)26-3)27-11-17-12-29-13-24-17/h4-9,12-14H,10-11H2,1-3H3,(H,23,25). The van der Waals surface area contributed by atoms with Crippen LogP contribution < -0.4 is 19.5 Å². The number of methoxy groups -OCH3 is 1. The number of ether oxygens (including phenoxy) is 3. The molecule has 1 amide bonds. The molecule has 0 atom stereocenters. The molecule has 0 fully saturated rings. The van der Waals surface area contributed by atoms with Crippen LogP contribution in [0, 0.1) is 0 Å². The second kappa shape index (κ2) is 9.88. The topological polar surface area (TPSA) is 82.6 Å². The van der Waals surface area contributed by atoms with Crippen LogP contribution in [-0.4, -0.2) is 29.1 Å². The first kappa shape index (κ1) is 20.6. The number of nitrogens with one attached hydrogen (secondary N) is 1. The highest BCUT2D eigenvalue weighted by Gasteiger charge is 2.12. The Kier molecular flexibility index (Phi) is 7.02. The number of rotatable bonds is 9. The summed E-state index contributed by atoms with van der Waals surface area (Å²) < 4.78 is 16.6. The van der Waals surface area contributed by atoms with Gasteiger partial charge in [-0.25, -0.2) is 9.97 Å². The summed E-state index contributed by atoms with van der Waals surface area (Å²) in [5.74, 6) is 1.40. The largest absolute Gasteiger partial charge is 0.493 e. The average molecular weight is 413 g/mol. The molecule has 0 radical (unpaired) electrons. The molecule has 7 nitrogen and oxygen atoms in total. The monoisotopic (exact) mass is 413 g/mol. The molecule has 0 unspecified atom stereocenters. The molecule has 0 saturated carbocycles. The van der Waals surface area contributed by atoms with Gasteiger partial charge in [0.15, 0.2) is 11.5 Å². The van der Waals surface area contributed by atoms with Gasteiger partial charge in [0, 0.05) is 29.8 Å². The molecular formula is C21H23N3O4S. The SMILES string of the molecule is COc1cc(C(=O)NCc2ccc(OC(C)C)nc2)ccc1OCc1cscn1. The van der Waals surface area contributed by atoms with Crippen molar-refractivity contribution in [2.75, 3.05) is 7.11 Å². The number of benzene rings is 1. The predicted molar refractivity (Wildman–Crippen MR) is 111 cm³/mol. The quantitative estimate of drug-likeness (QED) is 0.574. The first-order chi connectivity index (χ1) is 14.0. The van der Waals surface area contributed by atoms with E-state index in [1.807, 2.05) is 25.3 Å². The molecule has 0 spiro atoms. The minimum Gasteiger partial charge on any atom is -0.493 e. The number of thiazole rings is 1. The zero-order valence-corrected chi connectivity index (χ0v) is 17.4. The lowest BCUT2D eigenvalue weighted by atomic mass is 10.2. The molecule has 3 aromatic rings. The van der Waals surface area contributed by atoms with E-state index in [1.165, 1.54) is 11.3 Å².